The van der Waals surface area contributed by atoms with Crippen molar-refractivity contribution in [3.8, 4) is 0 Å². The van der Waals surface area contributed by atoms with E-state index in [1.807, 2.05) is 0 Å². The molecule has 7 nitrogen and oxygen atoms in total. The summed E-state index contributed by atoms with van der Waals surface area (Å²) in [7, 11) is 0. The van der Waals surface area contributed by atoms with Crippen LogP contribution in [0.1, 0.15) is 6.92 Å². The predicted octanol–water partition coefficient (Wildman–Crippen LogP) is -2.09. The number of hydrogen-bond acceptors (Lipinski definition) is 7. The van der Waals surface area contributed by atoms with Gasteiger partial charge in [0.1, 0.15) is 30.2 Å². The first-order valence-electron chi connectivity index (χ1n) is 5.21. The van der Waals surface area contributed by atoms with Gasteiger partial charge in [0.25, 0.3) is 0 Å². The van der Waals surface area contributed by atoms with Gasteiger partial charge in [-0.1, -0.05) is 0 Å². The average Bonchev–Trinajstić information content (AvgIpc) is 2.30. The third-order valence-electron chi connectivity index (χ3n) is 2.36. The van der Waals surface area contributed by atoms with Crippen molar-refractivity contribution in [2.45, 2.75) is 31.3 Å². The molecule has 4 atom stereocenters. The molecule has 0 radical (unpaired) electrons. The molecule has 17 heavy (non-hydrogen) atoms. The lowest BCUT2D eigenvalue weighted by molar-refractivity contribution is -0.166. The zero-order chi connectivity index (χ0) is 13.0. The van der Waals surface area contributed by atoms with E-state index in [9.17, 15) is 20.1 Å². The first-order valence-corrected chi connectivity index (χ1v) is 5.21. The van der Waals surface area contributed by atoms with Gasteiger partial charge in [0.05, 0.1) is 19.3 Å². The lowest BCUT2D eigenvalue weighted by Gasteiger charge is -2.36. The van der Waals surface area contributed by atoms with Crippen molar-refractivity contribution in [1.82, 2.24) is 0 Å². The summed E-state index contributed by atoms with van der Waals surface area (Å²) in [6.45, 7) is 1.22. The molecule has 1 aliphatic heterocycles. The smallest absolute Gasteiger partial charge is 0.334 e. The van der Waals surface area contributed by atoms with Crippen LogP contribution in [0.4, 0.5) is 0 Å². The Morgan fingerprint density at radius 1 is 1.41 bits per heavy atom. The molecule has 1 fully saturated rings. The van der Waals surface area contributed by atoms with Crippen LogP contribution in [0, 0.1) is 0 Å². The quantitative estimate of drug-likeness (QED) is 0.334. The van der Waals surface area contributed by atoms with Crippen LogP contribution in [0.25, 0.3) is 0 Å². The van der Waals surface area contributed by atoms with Crippen LogP contribution in [0.2, 0.25) is 0 Å². The van der Waals surface area contributed by atoms with E-state index >= 15 is 0 Å². The molecule has 0 unspecified atom stereocenters. The Kier molecular flexibility index (Phi) is 4.88. The molecule has 4 N–H and O–H groups in total. The normalized spacial score (nSPS) is 35.5. The van der Waals surface area contributed by atoms with Crippen molar-refractivity contribution in [3.63, 3.8) is 0 Å². The Bertz CT molecular complexity index is 299. The molecule has 1 saturated heterocycles. The Morgan fingerprint density at radius 2 is 2.06 bits per heavy atom. The molecule has 0 aromatic rings. The highest BCUT2D eigenvalue weighted by atomic mass is 16.5. The van der Waals surface area contributed by atoms with Gasteiger partial charge in [-0.2, -0.15) is 0 Å². The van der Waals surface area contributed by atoms with Gasteiger partial charge in [-0.15, -0.1) is 0 Å². The van der Waals surface area contributed by atoms with Gasteiger partial charge < -0.3 is 29.9 Å². The maximum absolute atomic E-state index is 11.1. The topological polar surface area (TPSA) is 116 Å². The van der Waals surface area contributed by atoms with E-state index in [0.717, 1.165) is 6.08 Å². The number of aliphatic hydroxyl groups is 4. The van der Waals surface area contributed by atoms with Gasteiger partial charge in [-0.3, -0.25) is 0 Å². The minimum absolute atomic E-state index is 0.160. The fourth-order valence-corrected chi connectivity index (χ4v) is 1.45. The molecule has 0 aliphatic carbocycles. The first-order chi connectivity index (χ1) is 8.01. The highest BCUT2D eigenvalue weighted by Crippen LogP contribution is 2.23. The van der Waals surface area contributed by atoms with Crippen LogP contribution < -0.4 is 0 Å². The van der Waals surface area contributed by atoms with E-state index in [4.69, 9.17) is 9.84 Å². The largest absolute Gasteiger partial charge is 0.486 e. The minimum Gasteiger partial charge on any atom is -0.486 e. The first kappa shape index (κ1) is 13.9. The summed E-state index contributed by atoms with van der Waals surface area (Å²) in [4.78, 5) is 11.1. The van der Waals surface area contributed by atoms with Gasteiger partial charge in [0.2, 0.25) is 0 Å². The standard InChI is InChI=1S/C10H16O7/c1-2-16-7(12)3-5-8(13)10(15)9(14)6(4-11)17-5/h3,6,8-11,13-15H,2,4H2,1H3/b5-3-/t6-,8+,9-,10-/m1/s1. The summed E-state index contributed by atoms with van der Waals surface area (Å²) < 4.78 is 9.61. The molecule has 98 valence electrons. The molecule has 0 aromatic carbocycles. The molecule has 0 bridgehead atoms. The van der Waals surface area contributed by atoms with Crippen molar-refractivity contribution < 1.29 is 34.7 Å². The summed E-state index contributed by atoms with van der Waals surface area (Å²) in [5.74, 6) is -0.970. The Labute approximate surface area is 97.9 Å². The Hall–Kier alpha value is -1.15. The maximum atomic E-state index is 11.1. The summed E-state index contributed by atoms with van der Waals surface area (Å²) in [6, 6.07) is 0. The van der Waals surface area contributed by atoms with Crippen LogP contribution in [-0.2, 0) is 14.3 Å². The second kappa shape index (κ2) is 5.97. The van der Waals surface area contributed by atoms with Crippen molar-refractivity contribution in [2.75, 3.05) is 13.2 Å². The van der Waals surface area contributed by atoms with E-state index in [0.29, 0.717) is 0 Å². The van der Waals surface area contributed by atoms with E-state index in [1.165, 1.54) is 0 Å². The maximum Gasteiger partial charge on any atom is 0.334 e. The number of ether oxygens (including phenoxy) is 2. The van der Waals surface area contributed by atoms with E-state index in [-0.39, 0.29) is 12.4 Å². The average molecular weight is 248 g/mol. The van der Waals surface area contributed by atoms with Gasteiger partial charge in [0.15, 0.2) is 0 Å². The molecule has 1 rings (SSSR count). The predicted molar refractivity (Wildman–Crippen MR) is 54.7 cm³/mol. The van der Waals surface area contributed by atoms with Crippen LogP contribution in [0.3, 0.4) is 0 Å². The molecule has 0 spiro atoms. The summed E-state index contributed by atoms with van der Waals surface area (Å²) in [6.07, 6.45) is -4.69. The fourth-order valence-electron chi connectivity index (χ4n) is 1.45. The third kappa shape index (κ3) is 3.16. The molecule has 1 aliphatic rings. The molecule has 0 aromatic heterocycles. The van der Waals surface area contributed by atoms with Crippen LogP contribution in [-0.4, -0.2) is 64.0 Å². The van der Waals surface area contributed by atoms with E-state index < -0.39 is 37.0 Å². The number of esters is 1. The molecular formula is C10H16O7. The number of carbonyl (C=O) groups is 1. The third-order valence-corrected chi connectivity index (χ3v) is 2.36. The van der Waals surface area contributed by atoms with Crippen molar-refractivity contribution >= 4 is 5.97 Å². The van der Waals surface area contributed by atoms with Crippen LogP contribution in [0.15, 0.2) is 11.8 Å². The second-order valence-electron chi connectivity index (χ2n) is 3.56. The fraction of sp³-hybridized carbons (Fsp3) is 0.700. The molecular weight excluding hydrogens is 232 g/mol. The van der Waals surface area contributed by atoms with Gasteiger partial charge >= 0.3 is 5.97 Å². The minimum atomic E-state index is -1.53. The van der Waals surface area contributed by atoms with E-state index in [2.05, 4.69) is 4.74 Å². The summed E-state index contributed by atoms with van der Waals surface area (Å²) in [5.41, 5.74) is 0. The molecule has 0 amide bonds. The van der Waals surface area contributed by atoms with Gasteiger partial charge in [-0.05, 0) is 6.92 Å². The Balaban J connectivity index is 2.81. The lowest BCUT2D eigenvalue weighted by Crippen LogP contribution is -2.53. The van der Waals surface area contributed by atoms with Gasteiger partial charge in [0, 0.05) is 0 Å². The van der Waals surface area contributed by atoms with Crippen molar-refractivity contribution in [2.24, 2.45) is 0 Å². The van der Waals surface area contributed by atoms with E-state index in [1.54, 1.807) is 6.92 Å². The monoisotopic (exact) mass is 248 g/mol. The van der Waals surface area contributed by atoms with Crippen LogP contribution in [0.5, 0.6) is 0 Å². The van der Waals surface area contributed by atoms with Crippen LogP contribution >= 0.6 is 0 Å². The Morgan fingerprint density at radius 3 is 2.59 bits per heavy atom. The lowest BCUT2D eigenvalue weighted by atomic mass is 9.98. The number of hydrogen-bond donors (Lipinski definition) is 4. The molecule has 1 heterocycles. The number of carbonyl (C=O) groups excluding carboxylic acids is 1. The summed E-state index contributed by atoms with van der Waals surface area (Å²) >= 11 is 0. The van der Waals surface area contributed by atoms with Gasteiger partial charge in [-0.25, -0.2) is 4.79 Å². The SMILES string of the molecule is CCOC(=O)/C=C1\O[C@H](CO)[C@@H](O)[C@H](O)[C@H]1O. The highest BCUT2D eigenvalue weighted by Gasteiger charge is 2.41. The molecule has 0 saturated carbocycles. The summed E-state index contributed by atoms with van der Waals surface area (Å²) in [5, 5.41) is 37.3. The number of rotatable bonds is 3. The second-order valence-corrected chi connectivity index (χ2v) is 3.56. The number of aliphatic hydroxyl groups excluding tert-OH is 4. The van der Waals surface area contributed by atoms with Crippen molar-refractivity contribution in [3.05, 3.63) is 11.8 Å². The highest BCUT2D eigenvalue weighted by molar-refractivity contribution is 5.82. The molecule has 7 heteroatoms. The zero-order valence-electron chi connectivity index (χ0n) is 9.31. The zero-order valence-corrected chi connectivity index (χ0v) is 9.31. The van der Waals surface area contributed by atoms with Crippen molar-refractivity contribution in [1.29, 1.82) is 0 Å².